The molecule has 1 fully saturated rings. The number of nitrogens with two attached hydrogens (primary N) is 2. The molecule has 1 saturated carbocycles. The third-order valence-electron chi connectivity index (χ3n) is 5.86. The number of hydrogen-bond donors (Lipinski definition) is 2. The molecular formula is C25H52Cl2N2O3Pt. The fourth-order valence-electron chi connectivity index (χ4n) is 3.83. The summed E-state index contributed by atoms with van der Waals surface area (Å²) in [7, 11) is 0.750. The van der Waals surface area contributed by atoms with Crippen molar-refractivity contribution in [1.29, 1.82) is 0 Å². The smallest absolute Gasteiger partial charge is 1.00 e. The Labute approximate surface area is 232 Å². The van der Waals surface area contributed by atoms with Crippen LogP contribution in [0.5, 0.6) is 0 Å². The molecule has 0 aliphatic heterocycles. The molecule has 5 nitrogen and oxygen atoms in total. The molecule has 4 N–H and O–H groups in total. The van der Waals surface area contributed by atoms with E-state index in [0.717, 1.165) is 32.8 Å². The number of rotatable bonds is 16. The predicted octanol–water partition coefficient (Wildman–Crippen LogP) is -1.81. The second-order valence-electron chi connectivity index (χ2n) is 8.68. The third-order valence-corrected chi connectivity index (χ3v) is 5.86. The monoisotopic (exact) mass is 693 g/mol. The van der Waals surface area contributed by atoms with E-state index in [2.05, 4.69) is 6.92 Å². The molecule has 2 atom stereocenters. The Morgan fingerprint density at radius 3 is 1.18 bits per heavy atom. The van der Waals surface area contributed by atoms with Crippen LogP contribution in [0.4, 0.5) is 0 Å². The number of carboxylic acids is 1. The zero-order valence-corrected chi connectivity index (χ0v) is 25.0. The van der Waals surface area contributed by atoms with Crippen LogP contribution < -0.4 is 46.5 Å². The molecule has 8 heteroatoms. The predicted molar refractivity (Wildman–Crippen MR) is 125 cm³/mol. The summed E-state index contributed by atoms with van der Waals surface area (Å²) in [6.45, 7) is 2.27. The molecule has 0 aromatic heterocycles. The fraction of sp³-hybridized carbons (Fsp3) is 0.960. The number of carboxylic acid groups (broad SMARTS) is 1. The molecule has 0 aromatic carbocycles. The van der Waals surface area contributed by atoms with Crippen LogP contribution in [0.3, 0.4) is 0 Å². The molecule has 33 heavy (non-hydrogen) atoms. The second-order valence-corrected chi connectivity index (χ2v) is 8.68. The van der Waals surface area contributed by atoms with Gasteiger partial charge in [0.2, 0.25) is 0 Å². The van der Waals surface area contributed by atoms with E-state index in [-0.39, 0.29) is 64.4 Å². The number of hydrogen-bond acceptors (Lipinski definition) is 5. The van der Waals surface area contributed by atoms with Crippen LogP contribution in [0.15, 0.2) is 0 Å². The number of carbonyl (C=O) groups is 1. The Hall–Kier alpha value is 0.618. The minimum absolute atomic E-state index is 0. The molecule has 0 amide bonds. The van der Waals surface area contributed by atoms with Crippen molar-refractivity contribution in [2.45, 2.75) is 147 Å². The van der Waals surface area contributed by atoms with Gasteiger partial charge in [0.15, 0.2) is 0 Å². The first-order valence-electron chi connectivity index (χ1n) is 12.7. The average molecular weight is 695 g/mol. The van der Waals surface area contributed by atoms with E-state index in [9.17, 15) is 9.90 Å². The zero-order valence-electron chi connectivity index (χ0n) is 21.2. The Balaban J connectivity index is -0.000000169. The van der Waals surface area contributed by atoms with E-state index in [1.54, 1.807) is 0 Å². The Kier molecular flexibility index (Phi) is 49.2. The quantitative estimate of drug-likeness (QED) is 0.185. The number of unbranched alkanes of at least 4 members (excludes halogenated alkanes) is 14. The summed E-state index contributed by atoms with van der Waals surface area (Å²) in [6.07, 6.45) is 24.7. The summed E-state index contributed by atoms with van der Waals surface area (Å²) in [5.74, 6) is -0.903. The molecule has 0 unspecified atom stereocenters. The van der Waals surface area contributed by atoms with Crippen molar-refractivity contribution in [2.75, 3.05) is 7.11 Å². The molecule has 1 aliphatic carbocycles. The molecule has 0 radical (unpaired) electrons. The summed E-state index contributed by atoms with van der Waals surface area (Å²) in [5, 5.41) is 18.5. The SMILES string of the molecule is CCCCCCCCCCCCCCCCCC(=O)[O-].C[O-].N[C@@H]1CCCC[C@H]1N.[Cl-].[Cl-].[Pt+4]. The summed E-state index contributed by atoms with van der Waals surface area (Å²) in [5.41, 5.74) is 11.3. The van der Waals surface area contributed by atoms with Crippen LogP contribution in [-0.4, -0.2) is 25.2 Å². The van der Waals surface area contributed by atoms with Crippen molar-refractivity contribution in [3.8, 4) is 0 Å². The standard InChI is InChI=1S/C18H36O2.C6H14N2.CH3O.2ClH.Pt/c1-2-3-4-5-6-7-8-9-10-11-12-13-14-15-16-17-18(19)20;7-5-3-1-2-4-6(5)8;1-2;;;/h2-17H2,1H3,(H,19,20);5-6H,1-4,7-8H2;1H3;2*1H;/q;;-1;;;+4/p-3/t;5-,6-;;;;/m.1..../s1. The van der Waals surface area contributed by atoms with Gasteiger partial charge in [-0.25, -0.2) is 0 Å². The summed E-state index contributed by atoms with van der Waals surface area (Å²) in [6, 6.07) is 0.562. The summed E-state index contributed by atoms with van der Waals surface area (Å²) in [4.78, 5) is 10.2. The topological polar surface area (TPSA) is 115 Å². The van der Waals surface area contributed by atoms with Crippen molar-refractivity contribution < 1.29 is 60.9 Å². The van der Waals surface area contributed by atoms with Gasteiger partial charge in [0.25, 0.3) is 0 Å². The second kappa shape index (κ2) is 37.2. The van der Waals surface area contributed by atoms with Gasteiger partial charge < -0.3 is 51.3 Å². The van der Waals surface area contributed by atoms with Gasteiger partial charge in [-0.05, 0) is 25.7 Å². The largest absolute Gasteiger partial charge is 4.00 e. The van der Waals surface area contributed by atoms with Crippen molar-refractivity contribution in [1.82, 2.24) is 0 Å². The van der Waals surface area contributed by atoms with Crippen LogP contribution in [-0.2, 0) is 25.9 Å². The first-order chi connectivity index (χ1) is 14.6. The van der Waals surface area contributed by atoms with E-state index in [1.165, 1.54) is 96.3 Å². The van der Waals surface area contributed by atoms with Gasteiger partial charge in [-0.1, -0.05) is 110 Å². The summed E-state index contributed by atoms with van der Waals surface area (Å²) >= 11 is 0. The van der Waals surface area contributed by atoms with Gasteiger partial charge in [-0.15, -0.1) is 0 Å². The molecule has 0 heterocycles. The van der Waals surface area contributed by atoms with Crippen LogP contribution >= 0.6 is 0 Å². The van der Waals surface area contributed by atoms with E-state index in [1.807, 2.05) is 0 Å². The maximum Gasteiger partial charge on any atom is 4.00 e. The first-order valence-corrected chi connectivity index (χ1v) is 12.7. The molecule has 0 aromatic rings. The van der Waals surface area contributed by atoms with Gasteiger partial charge in [-0.3, -0.25) is 0 Å². The Bertz CT molecular complexity index is 348. The van der Waals surface area contributed by atoms with Crippen molar-refractivity contribution in [3.63, 3.8) is 0 Å². The van der Waals surface area contributed by atoms with Gasteiger partial charge in [0, 0.05) is 18.1 Å². The van der Waals surface area contributed by atoms with E-state index in [4.69, 9.17) is 16.6 Å². The average Bonchev–Trinajstić information content (AvgIpc) is 2.75. The molecule has 0 spiro atoms. The van der Waals surface area contributed by atoms with E-state index in [0.29, 0.717) is 0 Å². The van der Waals surface area contributed by atoms with E-state index >= 15 is 0 Å². The van der Waals surface area contributed by atoms with Crippen LogP contribution in [0.2, 0.25) is 0 Å². The minimum atomic E-state index is -0.903. The normalized spacial score (nSPS) is 16.4. The van der Waals surface area contributed by atoms with Crippen LogP contribution in [0.25, 0.3) is 0 Å². The van der Waals surface area contributed by atoms with Gasteiger partial charge in [-0.2, -0.15) is 7.11 Å². The van der Waals surface area contributed by atoms with E-state index < -0.39 is 5.97 Å². The zero-order chi connectivity index (χ0) is 22.9. The van der Waals surface area contributed by atoms with Gasteiger partial charge in [0.05, 0.1) is 0 Å². The molecule has 204 valence electrons. The van der Waals surface area contributed by atoms with Crippen molar-refractivity contribution >= 4 is 5.97 Å². The number of aliphatic carboxylic acids is 1. The first kappa shape index (κ1) is 43.7. The molecule has 1 rings (SSSR count). The molecular weight excluding hydrogens is 642 g/mol. The van der Waals surface area contributed by atoms with Crippen molar-refractivity contribution in [2.24, 2.45) is 11.5 Å². The maximum atomic E-state index is 10.2. The third kappa shape index (κ3) is 37.3. The van der Waals surface area contributed by atoms with Crippen molar-refractivity contribution in [3.05, 3.63) is 0 Å². The summed E-state index contributed by atoms with van der Waals surface area (Å²) < 4.78 is 0. The fourth-order valence-corrected chi connectivity index (χ4v) is 3.83. The maximum absolute atomic E-state index is 10.2. The Morgan fingerprint density at radius 2 is 0.939 bits per heavy atom. The van der Waals surface area contributed by atoms with Crippen LogP contribution in [0.1, 0.15) is 135 Å². The van der Waals surface area contributed by atoms with Crippen LogP contribution in [0, 0.1) is 0 Å². The number of carbonyl (C=O) groups excluding carboxylic acids is 1. The van der Waals surface area contributed by atoms with Gasteiger partial charge >= 0.3 is 21.1 Å². The number of halogens is 2. The Morgan fingerprint density at radius 1 is 0.667 bits per heavy atom. The molecule has 0 saturated heterocycles. The molecule has 1 aliphatic rings. The van der Waals surface area contributed by atoms with Gasteiger partial charge in [0.1, 0.15) is 0 Å². The molecule has 0 bridgehead atoms. The minimum Gasteiger partial charge on any atom is -1.00 e.